The largest absolute Gasteiger partial charge is 0.493 e. The van der Waals surface area contributed by atoms with Crippen molar-refractivity contribution in [2.45, 2.75) is 52.2 Å². The van der Waals surface area contributed by atoms with E-state index in [2.05, 4.69) is 20.9 Å². The molecular formula is C26H32N6O4S. The van der Waals surface area contributed by atoms with Gasteiger partial charge in [-0.25, -0.2) is 0 Å². The summed E-state index contributed by atoms with van der Waals surface area (Å²) >= 11 is 1.56. The number of thiophene rings is 1. The van der Waals surface area contributed by atoms with Crippen LogP contribution in [0.3, 0.4) is 0 Å². The second kappa shape index (κ2) is 12.5. The lowest BCUT2D eigenvalue weighted by atomic mass is 10.1. The molecule has 0 spiro atoms. The molecule has 0 aliphatic carbocycles. The van der Waals surface area contributed by atoms with Crippen molar-refractivity contribution in [2.75, 3.05) is 19.7 Å². The van der Waals surface area contributed by atoms with Gasteiger partial charge in [-0.1, -0.05) is 11.3 Å². The van der Waals surface area contributed by atoms with Crippen LogP contribution in [0.1, 0.15) is 46.9 Å². The molecule has 0 unspecified atom stereocenters. The predicted octanol–water partition coefficient (Wildman–Crippen LogP) is 2.33. The van der Waals surface area contributed by atoms with Crippen molar-refractivity contribution in [3.05, 3.63) is 63.6 Å². The van der Waals surface area contributed by atoms with Crippen LogP contribution < -0.4 is 15.4 Å². The molecule has 2 aromatic heterocycles. The fourth-order valence-corrected chi connectivity index (χ4v) is 4.68. The Morgan fingerprint density at radius 1 is 1.22 bits per heavy atom. The number of nitrogens with zero attached hydrogens (tertiary/aromatic N) is 4. The van der Waals surface area contributed by atoms with Gasteiger partial charge in [0.05, 0.1) is 31.3 Å². The number of aryl methyl sites for hydroxylation is 2. The van der Waals surface area contributed by atoms with Gasteiger partial charge in [0.2, 0.25) is 11.8 Å². The maximum absolute atomic E-state index is 13.1. The molecule has 2 bridgehead atoms. The molecule has 11 heteroatoms. The SMILES string of the molecule is Cc1ccc2c(c1)OCCCn1cc(nn1)CN(C(=O)Cc1ccsc1)CCCNC(=O)[C@@H](C)NC2=O. The van der Waals surface area contributed by atoms with Gasteiger partial charge >= 0.3 is 0 Å². The molecule has 0 fully saturated rings. The zero-order chi connectivity index (χ0) is 26.2. The van der Waals surface area contributed by atoms with Crippen LogP contribution in [0.15, 0.2) is 41.2 Å². The van der Waals surface area contributed by atoms with Crippen molar-refractivity contribution in [1.29, 1.82) is 0 Å². The number of carbonyl (C=O) groups is 3. The number of hydrogen-bond donors (Lipinski definition) is 2. The van der Waals surface area contributed by atoms with E-state index in [-0.39, 0.29) is 17.7 Å². The second-order valence-electron chi connectivity index (χ2n) is 9.14. The Labute approximate surface area is 220 Å². The van der Waals surface area contributed by atoms with Crippen LogP contribution in [0.5, 0.6) is 5.75 Å². The van der Waals surface area contributed by atoms with E-state index in [0.29, 0.717) is 69.1 Å². The minimum Gasteiger partial charge on any atom is -0.493 e. The Balaban J connectivity index is 1.49. The van der Waals surface area contributed by atoms with Crippen LogP contribution in [0.2, 0.25) is 0 Å². The van der Waals surface area contributed by atoms with Crippen molar-refractivity contribution in [3.63, 3.8) is 0 Å². The predicted molar refractivity (Wildman–Crippen MR) is 139 cm³/mol. The van der Waals surface area contributed by atoms with Crippen molar-refractivity contribution in [2.24, 2.45) is 0 Å². The first kappa shape index (κ1) is 26.3. The summed E-state index contributed by atoms with van der Waals surface area (Å²) in [5, 5.41) is 18.0. The highest BCUT2D eigenvalue weighted by Crippen LogP contribution is 2.21. The van der Waals surface area contributed by atoms with Gasteiger partial charge in [-0.3, -0.25) is 19.1 Å². The Hall–Kier alpha value is -3.73. The average molecular weight is 525 g/mol. The molecule has 3 amide bonds. The highest BCUT2D eigenvalue weighted by molar-refractivity contribution is 7.08. The van der Waals surface area contributed by atoms with E-state index in [1.54, 1.807) is 33.9 Å². The van der Waals surface area contributed by atoms with Gasteiger partial charge in [-0.2, -0.15) is 11.3 Å². The van der Waals surface area contributed by atoms with Gasteiger partial charge in [-0.15, -0.1) is 5.10 Å². The van der Waals surface area contributed by atoms with Crippen molar-refractivity contribution >= 4 is 29.1 Å². The molecule has 0 saturated heterocycles. The Bertz CT molecular complexity index is 1230. The smallest absolute Gasteiger partial charge is 0.255 e. The number of aromatic nitrogens is 3. The fraction of sp³-hybridized carbons (Fsp3) is 0.423. The summed E-state index contributed by atoms with van der Waals surface area (Å²) in [6, 6.07) is 6.58. The fourth-order valence-electron chi connectivity index (χ4n) is 4.01. The Morgan fingerprint density at radius 2 is 2.08 bits per heavy atom. The zero-order valence-corrected chi connectivity index (χ0v) is 21.9. The third-order valence-corrected chi connectivity index (χ3v) is 6.77. The summed E-state index contributed by atoms with van der Waals surface area (Å²) < 4.78 is 7.67. The number of amides is 3. The van der Waals surface area contributed by atoms with Crippen LogP contribution in [0.4, 0.5) is 0 Å². The molecular weight excluding hydrogens is 492 g/mol. The number of rotatable bonds is 2. The molecule has 0 saturated carbocycles. The summed E-state index contributed by atoms with van der Waals surface area (Å²) in [6.45, 7) is 5.69. The highest BCUT2D eigenvalue weighted by atomic mass is 32.1. The van der Waals surface area contributed by atoms with E-state index in [4.69, 9.17) is 4.74 Å². The van der Waals surface area contributed by atoms with Crippen LogP contribution >= 0.6 is 11.3 Å². The second-order valence-corrected chi connectivity index (χ2v) is 9.92. The van der Waals surface area contributed by atoms with Gasteiger partial charge in [0.25, 0.3) is 5.91 Å². The lowest BCUT2D eigenvalue weighted by Crippen LogP contribution is -2.45. The molecule has 4 rings (SSSR count). The van der Waals surface area contributed by atoms with Crippen LogP contribution in [-0.4, -0.2) is 63.4 Å². The number of nitrogens with one attached hydrogen (secondary N) is 2. The lowest BCUT2D eigenvalue weighted by molar-refractivity contribution is -0.131. The third kappa shape index (κ3) is 7.39. The van der Waals surface area contributed by atoms with E-state index in [1.807, 2.05) is 42.1 Å². The third-order valence-electron chi connectivity index (χ3n) is 6.04. The number of carbonyl (C=O) groups excluding carboxylic acids is 3. The van der Waals surface area contributed by atoms with E-state index < -0.39 is 6.04 Å². The van der Waals surface area contributed by atoms with E-state index in [0.717, 1.165) is 11.1 Å². The molecule has 0 radical (unpaired) electrons. The van der Waals surface area contributed by atoms with Crippen LogP contribution in [0.25, 0.3) is 0 Å². The molecule has 3 aromatic rings. The molecule has 37 heavy (non-hydrogen) atoms. The molecule has 10 nitrogen and oxygen atoms in total. The number of hydrogen-bond acceptors (Lipinski definition) is 7. The van der Waals surface area contributed by atoms with Gasteiger partial charge in [0.1, 0.15) is 17.5 Å². The first-order valence-electron chi connectivity index (χ1n) is 12.4. The first-order valence-corrected chi connectivity index (χ1v) is 13.3. The summed E-state index contributed by atoms with van der Waals surface area (Å²) in [5.41, 5.74) is 3.02. The molecule has 3 heterocycles. The molecule has 2 N–H and O–H groups in total. The van der Waals surface area contributed by atoms with Gasteiger partial charge in [0.15, 0.2) is 0 Å². The lowest BCUT2D eigenvalue weighted by Gasteiger charge is -2.22. The van der Waals surface area contributed by atoms with Crippen LogP contribution in [0, 0.1) is 6.92 Å². The topological polar surface area (TPSA) is 118 Å². The number of ether oxygens (including phenoxy) is 1. The van der Waals surface area contributed by atoms with Crippen LogP contribution in [-0.2, 0) is 29.1 Å². The number of benzene rings is 1. The Kier molecular flexibility index (Phi) is 8.89. The molecule has 196 valence electrons. The first-order chi connectivity index (χ1) is 17.9. The summed E-state index contributed by atoms with van der Waals surface area (Å²) in [6.07, 6.45) is 3.36. The molecule has 1 aliphatic heterocycles. The quantitative estimate of drug-likeness (QED) is 0.531. The molecule has 1 atom stereocenters. The standard InChI is InChI=1S/C26H32N6O4S/c1-18-5-6-22-23(13-18)36-11-4-10-32-16-21(29-30-32)15-31(24(33)14-20-7-12-37-17-20)9-3-8-27-25(34)19(2)28-26(22)35/h5-7,12-13,16-17,19H,3-4,8-11,14-15H2,1-2H3,(H,27,34)(H,28,35)/t19-/m1/s1. The molecule has 1 aromatic carbocycles. The summed E-state index contributed by atoms with van der Waals surface area (Å²) in [5.74, 6) is -0.198. The van der Waals surface area contributed by atoms with Gasteiger partial charge in [0, 0.05) is 26.1 Å². The van der Waals surface area contributed by atoms with Gasteiger partial charge in [-0.05, 0) is 60.4 Å². The number of fused-ring (bicyclic) bond motifs is 3. The van der Waals surface area contributed by atoms with E-state index in [9.17, 15) is 14.4 Å². The summed E-state index contributed by atoms with van der Waals surface area (Å²) in [4.78, 5) is 40.3. The van der Waals surface area contributed by atoms with Gasteiger partial charge < -0.3 is 20.3 Å². The monoisotopic (exact) mass is 524 g/mol. The maximum Gasteiger partial charge on any atom is 0.255 e. The van der Waals surface area contributed by atoms with E-state index in [1.165, 1.54) is 0 Å². The van der Waals surface area contributed by atoms with E-state index >= 15 is 0 Å². The zero-order valence-electron chi connectivity index (χ0n) is 21.1. The van der Waals surface area contributed by atoms with Crippen molar-refractivity contribution < 1.29 is 19.1 Å². The summed E-state index contributed by atoms with van der Waals surface area (Å²) in [7, 11) is 0. The van der Waals surface area contributed by atoms with Crippen molar-refractivity contribution in [3.8, 4) is 5.75 Å². The average Bonchev–Trinajstić information content (AvgIpc) is 3.55. The van der Waals surface area contributed by atoms with Crippen molar-refractivity contribution in [1.82, 2.24) is 30.5 Å². The molecule has 1 aliphatic rings. The normalized spacial score (nSPS) is 17.9. The highest BCUT2D eigenvalue weighted by Gasteiger charge is 2.21. The minimum absolute atomic E-state index is 0.00717. The Morgan fingerprint density at radius 3 is 2.89 bits per heavy atom. The maximum atomic E-state index is 13.1. The minimum atomic E-state index is -0.728.